The van der Waals surface area contributed by atoms with E-state index in [1.165, 1.54) is 0 Å². The first kappa shape index (κ1) is 13.2. The molecule has 2 unspecified atom stereocenters. The molecule has 0 bridgehead atoms. The Morgan fingerprint density at radius 3 is 2.68 bits per heavy atom. The van der Waals surface area contributed by atoms with Crippen molar-refractivity contribution in [3.63, 3.8) is 0 Å². The van der Waals surface area contributed by atoms with Crippen LogP contribution in [0.1, 0.15) is 23.2 Å². The number of carbonyl (C=O) groups excluding carboxylic acids is 1. The molecule has 102 valence electrons. The molecule has 0 saturated carbocycles. The maximum absolute atomic E-state index is 12.5. The number of hydrogen-bond donors (Lipinski definition) is 1. The summed E-state index contributed by atoms with van der Waals surface area (Å²) >= 11 is 11.9. The highest BCUT2D eigenvalue weighted by molar-refractivity contribution is 6.35. The lowest BCUT2D eigenvalue weighted by Crippen LogP contribution is -2.46. The molecule has 2 fully saturated rings. The van der Waals surface area contributed by atoms with Crippen LogP contribution < -0.4 is 5.32 Å². The molecule has 5 heteroatoms. The van der Waals surface area contributed by atoms with Gasteiger partial charge < -0.3 is 10.2 Å². The third-order valence-corrected chi connectivity index (χ3v) is 4.49. The Morgan fingerprint density at radius 1 is 1.21 bits per heavy atom. The van der Waals surface area contributed by atoms with Crippen LogP contribution in [0, 0.1) is 5.92 Å². The molecule has 19 heavy (non-hydrogen) atoms. The van der Waals surface area contributed by atoms with E-state index in [1.54, 1.807) is 18.2 Å². The van der Waals surface area contributed by atoms with Gasteiger partial charge in [-0.05, 0) is 43.5 Å². The van der Waals surface area contributed by atoms with Crippen LogP contribution in [0.15, 0.2) is 18.2 Å². The van der Waals surface area contributed by atoms with Gasteiger partial charge in [-0.25, -0.2) is 0 Å². The zero-order valence-corrected chi connectivity index (χ0v) is 12.0. The van der Waals surface area contributed by atoms with Gasteiger partial charge in [0.1, 0.15) is 0 Å². The number of nitrogens with zero attached hydrogens (tertiary/aromatic N) is 1. The maximum Gasteiger partial charge on any atom is 0.253 e. The van der Waals surface area contributed by atoms with Crippen molar-refractivity contribution in [2.24, 2.45) is 5.92 Å². The second-order valence-corrected chi connectivity index (χ2v) is 6.18. The third kappa shape index (κ3) is 2.73. The van der Waals surface area contributed by atoms with Gasteiger partial charge in [0.2, 0.25) is 0 Å². The van der Waals surface area contributed by atoms with Gasteiger partial charge in [-0.3, -0.25) is 4.79 Å². The van der Waals surface area contributed by atoms with Crippen LogP contribution in [0.4, 0.5) is 0 Å². The lowest BCUT2D eigenvalue weighted by Gasteiger charge is -2.35. The van der Waals surface area contributed by atoms with Crippen molar-refractivity contribution >= 4 is 29.1 Å². The summed E-state index contributed by atoms with van der Waals surface area (Å²) in [4.78, 5) is 14.4. The molecule has 1 aromatic carbocycles. The van der Waals surface area contributed by atoms with Crippen molar-refractivity contribution in [3.05, 3.63) is 33.8 Å². The summed E-state index contributed by atoms with van der Waals surface area (Å²) < 4.78 is 0. The second-order valence-electron chi connectivity index (χ2n) is 5.31. The highest BCUT2D eigenvalue weighted by Crippen LogP contribution is 2.27. The first-order valence-corrected chi connectivity index (χ1v) is 7.38. The molecule has 2 atom stereocenters. The normalized spacial score (nSPS) is 26.3. The molecule has 2 aliphatic rings. The van der Waals surface area contributed by atoms with Crippen molar-refractivity contribution in [1.82, 2.24) is 10.2 Å². The van der Waals surface area contributed by atoms with E-state index in [2.05, 4.69) is 5.32 Å². The molecule has 2 heterocycles. The van der Waals surface area contributed by atoms with Gasteiger partial charge in [-0.2, -0.15) is 0 Å². The van der Waals surface area contributed by atoms with Crippen LogP contribution in [0.3, 0.4) is 0 Å². The van der Waals surface area contributed by atoms with E-state index in [0.29, 0.717) is 27.6 Å². The van der Waals surface area contributed by atoms with E-state index < -0.39 is 0 Å². The maximum atomic E-state index is 12.5. The number of piperidine rings is 1. The topological polar surface area (TPSA) is 32.3 Å². The number of carbonyl (C=O) groups is 1. The Labute approximate surface area is 122 Å². The smallest absolute Gasteiger partial charge is 0.253 e. The minimum atomic E-state index is 0.0368. The average Bonchev–Trinajstić information content (AvgIpc) is 2.83. The molecule has 0 radical (unpaired) electrons. The summed E-state index contributed by atoms with van der Waals surface area (Å²) in [5, 5.41) is 4.51. The van der Waals surface area contributed by atoms with E-state index in [4.69, 9.17) is 23.2 Å². The molecule has 2 saturated heterocycles. The molecule has 2 aliphatic heterocycles. The third-order valence-electron chi connectivity index (χ3n) is 4.05. The van der Waals surface area contributed by atoms with Crippen molar-refractivity contribution < 1.29 is 4.79 Å². The van der Waals surface area contributed by atoms with Crippen molar-refractivity contribution in [3.8, 4) is 0 Å². The average molecular weight is 299 g/mol. The Morgan fingerprint density at radius 2 is 1.95 bits per heavy atom. The summed E-state index contributed by atoms with van der Waals surface area (Å²) in [6, 6.07) is 5.61. The fourth-order valence-corrected chi connectivity index (χ4v) is 3.62. The van der Waals surface area contributed by atoms with Gasteiger partial charge in [-0.15, -0.1) is 0 Å². The van der Waals surface area contributed by atoms with Gasteiger partial charge in [0.05, 0.1) is 0 Å². The molecule has 0 aromatic heterocycles. The SMILES string of the molecule is O=C(c1cc(Cl)cc(Cl)c1)N1CCC2NCCC2C1. The molecule has 0 aliphatic carbocycles. The Hall–Kier alpha value is -0.770. The molecule has 1 aromatic rings. The Bertz CT molecular complexity index is 486. The number of benzene rings is 1. The Kier molecular flexibility index (Phi) is 3.70. The van der Waals surface area contributed by atoms with Crippen LogP contribution in [0.2, 0.25) is 10.0 Å². The predicted molar refractivity (Wildman–Crippen MR) is 76.9 cm³/mol. The van der Waals surface area contributed by atoms with Gasteiger partial charge in [0.15, 0.2) is 0 Å². The molecular weight excluding hydrogens is 283 g/mol. The van der Waals surface area contributed by atoms with Gasteiger partial charge >= 0.3 is 0 Å². The fourth-order valence-electron chi connectivity index (χ4n) is 3.09. The first-order valence-electron chi connectivity index (χ1n) is 6.62. The van der Waals surface area contributed by atoms with E-state index in [-0.39, 0.29) is 5.91 Å². The number of fused-ring (bicyclic) bond motifs is 1. The number of rotatable bonds is 1. The lowest BCUT2D eigenvalue weighted by atomic mass is 9.93. The van der Waals surface area contributed by atoms with E-state index >= 15 is 0 Å². The monoisotopic (exact) mass is 298 g/mol. The fraction of sp³-hybridized carbons (Fsp3) is 0.500. The van der Waals surface area contributed by atoms with Crippen molar-refractivity contribution in [2.45, 2.75) is 18.9 Å². The van der Waals surface area contributed by atoms with Crippen LogP contribution >= 0.6 is 23.2 Å². The highest BCUT2D eigenvalue weighted by Gasteiger charge is 2.34. The minimum Gasteiger partial charge on any atom is -0.338 e. The second kappa shape index (κ2) is 5.31. The van der Waals surface area contributed by atoms with E-state index in [9.17, 15) is 4.79 Å². The molecule has 3 rings (SSSR count). The predicted octanol–water partition coefficient (Wildman–Crippen LogP) is 2.82. The number of likely N-dealkylation sites (tertiary alicyclic amines) is 1. The lowest BCUT2D eigenvalue weighted by molar-refractivity contribution is 0.0662. The number of nitrogens with one attached hydrogen (secondary N) is 1. The summed E-state index contributed by atoms with van der Waals surface area (Å²) in [5.41, 5.74) is 0.585. The van der Waals surface area contributed by atoms with Crippen LogP contribution in [-0.4, -0.2) is 36.5 Å². The van der Waals surface area contributed by atoms with Crippen LogP contribution in [0.5, 0.6) is 0 Å². The Balaban J connectivity index is 1.76. The molecular formula is C14H16Cl2N2O. The standard InChI is InChI=1S/C14H16Cl2N2O/c15-11-5-10(6-12(16)7-11)14(19)18-4-2-13-9(8-18)1-3-17-13/h5-7,9,13,17H,1-4,8H2. The van der Waals surface area contributed by atoms with Gasteiger partial charge in [-0.1, -0.05) is 23.2 Å². The summed E-state index contributed by atoms with van der Waals surface area (Å²) in [7, 11) is 0. The largest absolute Gasteiger partial charge is 0.338 e. The summed E-state index contributed by atoms with van der Waals surface area (Å²) in [6.45, 7) is 2.71. The quantitative estimate of drug-likeness (QED) is 0.865. The molecule has 1 amide bonds. The number of hydrogen-bond acceptors (Lipinski definition) is 2. The van der Waals surface area contributed by atoms with E-state index in [1.807, 2.05) is 4.90 Å². The summed E-state index contributed by atoms with van der Waals surface area (Å²) in [5.74, 6) is 0.627. The minimum absolute atomic E-state index is 0.0368. The highest BCUT2D eigenvalue weighted by atomic mass is 35.5. The van der Waals surface area contributed by atoms with Crippen LogP contribution in [-0.2, 0) is 0 Å². The van der Waals surface area contributed by atoms with Gasteiger partial charge in [0, 0.05) is 34.7 Å². The first-order chi connectivity index (χ1) is 9.13. The van der Waals surface area contributed by atoms with E-state index in [0.717, 1.165) is 32.5 Å². The molecule has 3 nitrogen and oxygen atoms in total. The zero-order valence-electron chi connectivity index (χ0n) is 10.5. The zero-order chi connectivity index (χ0) is 13.4. The van der Waals surface area contributed by atoms with Gasteiger partial charge in [0.25, 0.3) is 5.91 Å². The number of amides is 1. The van der Waals surface area contributed by atoms with Crippen molar-refractivity contribution in [1.29, 1.82) is 0 Å². The number of halogens is 2. The van der Waals surface area contributed by atoms with Crippen LogP contribution in [0.25, 0.3) is 0 Å². The van der Waals surface area contributed by atoms with Crippen molar-refractivity contribution in [2.75, 3.05) is 19.6 Å². The summed E-state index contributed by atoms with van der Waals surface area (Å²) in [6.07, 6.45) is 2.19. The molecule has 1 N–H and O–H groups in total. The molecule has 0 spiro atoms.